The maximum atomic E-state index is 9.75. The number of hydrogen-bond donors (Lipinski definition) is 2. The highest BCUT2D eigenvalue weighted by atomic mass is 16.3. The molecular formula is C17H33NO. The molecular weight excluding hydrogens is 234 g/mol. The van der Waals surface area contributed by atoms with Crippen LogP contribution in [0.1, 0.15) is 78.6 Å². The van der Waals surface area contributed by atoms with Gasteiger partial charge in [-0.05, 0) is 62.7 Å². The Balaban J connectivity index is 1.74. The van der Waals surface area contributed by atoms with Crippen molar-refractivity contribution in [3.05, 3.63) is 0 Å². The van der Waals surface area contributed by atoms with Gasteiger partial charge < -0.3 is 10.4 Å². The van der Waals surface area contributed by atoms with Gasteiger partial charge in [0.25, 0.3) is 0 Å². The van der Waals surface area contributed by atoms with E-state index in [0.29, 0.717) is 17.5 Å². The first-order valence-electron chi connectivity index (χ1n) is 8.45. The lowest BCUT2D eigenvalue weighted by molar-refractivity contribution is 0.0966. The van der Waals surface area contributed by atoms with Gasteiger partial charge in [-0.25, -0.2) is 0 Å². The smallest absolute Gasteiger partial charge is 0.0555 e. The zero-order valence-corrected chi connectivity index (χ0v) is 13.1. The molecule has 0 spiro atoms. The van der Waals surface area contributed by atoms with E-state index in [1.807, 2.05) is 0 Å². The van der Waals surface area contributed by atoms with Crippen LogP contribution in [0, 0.1) is 11.3 Å². The van der Waals surface area contributed by atoms with Gasteiger partial charge in [-0.1, -0.05) is 27.2 Å². The zero-order valence-electron chi connectivity index (χ0n) is 13.1. The second-order valence-electron chi connectivity index (χ2n) is 7.57. The number of nitrogens with one attached hydrogen (secondary N) is 1. The summed E-state index contributed by atoms with van der Waals surface area (Å²) in [5.74, 6) is 0.910. The molecule has 19 heavy (non-hydrogen) atoms. The molecule has 112 valence electrons. The Kier molecular flexibility index (Phi) is 5.30. The molecule has 0 amide bonds. The van der Waals surface area contributed by atoms with Crippen molar-refractivity contribution in [2.45, 2.75) is 96.7 Å². The van der Waals surface area contributed by atoms with Gasteiger partial charge in [0.1, 0.15) is 0 Å². The third kappa shape index (κ3) is 4.19. The number of aliphatic hydroxyl groups is 1. The van der Waals surface area contributed by atoms with Crippen molar-refractivity contribution in [1.29, 1.82) is 0 Å². The molecule has 2 fully saturated rings. The van der Waals surface area contributed by atoms with Crippen molar-refractivity contribution in [2.75, 3.05) is 0 Å². The Morgan fingerprint density at radius 1 is 1.00 bits per heavy atom. The Morgan fingerprint density at radius 3 is 2.26 bits per heavy atom. The van der Waals surface area contributed by atoms with Gasteiger partial charge >= 0.3 is 0 Å². The lowest BCUT2D eigenvalue weighted by Gasteiger charge is -2.40. The highest BCUT2D eigenvalue weighted by Gasteiger charge is 2.32. The largest absolute Gasteiger partial charge is 0.393 e. The van der Waals surface area contributed by atoms with Gasteiger partial charge in [0.05, 0.1) is 6.10 Å². The summed E-state index contributed by atoms with van der Waals surface area (Å²) in [7, 11) is 0. The predicted molar refractivity (Wildman–Crippen MR) is 81.2 cm³/mol. The minimum Gasteiger partial charge on any atom is -0.393 e. The summed E-state index contributed by atoms with van der Waals surface area (Å²) in [4.78, 5) is 0. The molecule has 0 radical (unpaired) electrons. The van der Waals surface area contributed by atoms with E-state index in [1.54, 1.807) is 0 Å². The highest BCUT2D eigenvalue weighted by Crippen LogP contribution is 2.40. The number of aliphatic hydroxyl groups excluding tert-OH is 1. The van der Waals surface area contributed by atoms with Crippen molar-refractivity contribution in [3.8, 4) is 0 Å². The fraction of sp³-hybridized carbons (Fsp3) is 1.00. The minimum atomic E-state index is -0.0541. The molecule has 0 aliphatic heterocycles. The van der Waals surface area contributed by atoms with Gasteiger partial charge in [0.15, 0.2) is 0 Å². The van der Waals surface area contributed by atoms with Gasteiger partial charge in [0, 0.05) is 12.1 Å². The summed E-state index contributed by atoms with van der Waals surface area (Å²) in [5, 5.41) is 13.6. The van der Waals surface area contributed by atoms with E-state index in [0.717, 1.165) is 18.8 Å². The molecule has 2 N–H and O–H groups in total. The Morgan fingerprint density at radius 2 is 1.68 bits per heavy atom. The summed E-state index contributed by atoms with van der Waals surface area (Å²) in [6, 6.07) is 1.28. The second kappa shape index (κ2) is 6.58. The quantitative estimate of drug-likeness (QED) is 0.810. The summed E-state index contributed by atoms with van der Waals surface area (Å²) in [6.07, 6.45) is 11.1. The third-order valence-corrected chi connectivity index (χ3v) is 5.86. The van der Waals surface area contributed by atoms with E-state index in [4.69, 9.17) is 0 Å². The van der Waals surface area contributed by atoms with E-state index >= 15 is 0 Å². The summed E-state index contributed by atoms with van der Waals surface area (Å²) >= 11 is 0. The molecule has 0 saturated heterocycles. The Labute approximate surface area is 119 Å². The number of hydrogen-bond acceptors (Lipinski definition) is 2. The molecule has 0 bridgehead atoms. The predicted octanol–water partition coefficient (Wildman–Crippen LogP) is 3.87. The Bertz CT molecular complexity index is 268. The van der Waals surface area contributed by atoms with E-state index in [9.17, 15) is 5.11 Å². The normalized spacial score (nSPS) is 37.3. The molecule has 0 heterocycles. The molecule has 0 aromatic carbocycles. The lowest BCUT2D eigenvalue weighted by Crippen LogP contribution is -2.44. The summed E-state index contributed by atoms with van der Waals surface area (Å²) in [5.41, 5.74) is 0.520. The fourth-order valence-corrected chi connectivity index (χ4v) is 3.98. The third-order valence-electron chi connectivity index (χ3n) is 5.86. The fourth-order valence-electron chi connectivity index (χ4n) is 3.98. The first-order chi connectivity index (χ1) is 9.01. The first kappa shape index (κ1) is 15.3. The van der Waals surface area contributed by atoms with E-state index < -0.39 is 0 Å². The van der Waals surface area contributed by atoms with Crippen LogP contribution in [-0.4, -0.2) is 23.3 Å². The van der Waals surface area contributed by atoms with Crippen LogP contribution in [0.25, 0.3) is 0 Å². The van der Waals surface area contributed by atoms with Crippen molar-refractivity contribution in [2.24, 2.45) is 11.3 Å². The molecule has 2 aliphatic carbocycles. The standard InChI is InChI=1S/C17H33NO/c1-4-17(2,3)13-8-10-14(11-9-13)18-15-6-5-7-16(19)12-15/h13-16,18-19H,4-12H2,1-3H3. The molecule has 0 aromatic heterocycles. The van der Waals surface area contributed by atoms with Crippen LogP contribution in [0.5, 0.6) is 0 Å². The van der Waals surface area contributed by atoms with E-state index in [-0.39, 0.29) is 6.10 Å². The van der Waals surface area contributed by atoms with Crippen LogP contribution in [0.2, 0.25) is 0 Å². The van der Waals surface area contributed by atoms with Gasteiger partial charge in [-0.2, -0.15) is 0 Å². The maximum absolute atomic E-state index is 9.75. The van der Waals surface area contributed by atoms with Crippen LogP contribution in [0.3, 0.4) is 0 Å². The van der Waals surface area contributed by atoms with Gasteiger partial charge in [0.2, 0.25) is 0 Å². The summed E-state index contributed by atoms with van der Waals surface area (Å²) < 4.78 is 0. The average molecular weight is 267 g/mol. The van der Waals surface area contributed by atoms with Crippen molar-refractivity contribution in [3.63, 3.8) is 0 Å². The Hall–Kier alpha value is -0.0800. The van der Waals surface area contributed by atoms with Crippen LogP contribution >= 0.6 is 0 Å². The molecule has 2 saturated carbocycles. The van der Waals surface area contributed by atoms with Crippen LogP contribution in [-0.2, 0) is 0 Å². The molecule has 2 rings (SSSR count). The molecule has 2 nitrogen and oxygen atoms in total. The van der Waals surface area contributed by atoms with Crippen molar-refractivity contribution < 1.29 is 5.11 Å². The molecule has 0 aromatic rings. The zero-order chi connectivity index (χ0) is 13.9. The van der Waals surface area contributed by atoms with Crippen molar-refractivity contribution in [1.82, 2.24) is 5.32 Å². The van der Waals surface area contributed by atoms with Gasteiger partial charge in [-0.15, -0.1) is 0 Å². The minimum absolute atomic E-state index is 0.0541. The summed E-state index contributed by atoms with van der Waals surface area (Å²) in [6.45, 7) is 7.19. The van der Waals surface area contributed by atoms with E-state index in [1.165, 1.54) is 44.9 Å². The van der Waals surface area contributed by atoms with Crippen LogP contribution < -0.4 is 5.32 Å². The average Bonchev–Trinajstić information content (AvgIpc) is 2.39. The van der Waals surface area contributed by atoms with Gasteiger partial charge in [-0.3, -0.25) is 0 Å². The molecule has 2 atom stereocenters. The lowest BCUT2D eigenvalue weighted by atomic mass is 9.69. The highest BCUT2D eigenvalue weighted by molar-refractivity contribution is 4.87. The first-order valence-corrected chi connectivity index (χ1v) is 8.45. The molecule has 2 aliphatic rings. The van der Waals surface area contributed by atoms with Crippen LogP contribution in [0.15, 0.2) is 0 Å². The monoisotopic (exact) mass is 267 g/mol. The van der Waals surface area contributed by atoms with Crippen LogP contribution in [0.4, 0.5) is 0 Å². The number of rotatable bonds is 4. The molecule has 2 heteroatoms. The SMILES string of the molecule is CCC(C)(C)C1CCC(NC2CCCC(O)C2)CC1. The topological polar surface area (TPSA) is 32.3 Å². The van der Waals surface area contributed by atoms with Crippen molar-refractivity contribution >= 4 is 0 Å². The maximum Gasteiger partial charge on any atom is 0.0555 e. The second-order valence-corrected chi connectivity index (χ2v) is 7.57. The van der Waals surface area contributed by atoms with E-state index in [2.05, 4.69) is 26.1 Å². The molecule has 2 unspecified atom stereocenters.